The Morgan fingerprint density at radius 1 is 1.31 bits per heavy atom. The minimum Gasteiger partial charge on any atom is -0.396 e. The van der Waals surface area contributed by atoms with Crippen LogP contribution in [0.4, 0.5) is 4.39 Å². The number of rotatable bonds is 5. The van der Waals surface area contributed by atoms with Crippen molar-refractivity contribution in [1.29, 1.82) is 0 Å². The van der Waals surface area contributed by atoms with Crippen molar-refractivity contribution < 1.29 is 9.50 Å². The van der Waals surface area contributed by atoms with E-state index >= 15 is 0 Å². The molecule has 0 aliphatic carbocycles. The maximum Gasteiger partial charge on any atom is 0.123 e. The molecule has 1 N–H and O–H groups in total. The van der Waals surface area contributed by atoms with E-state index in [0.29, 0.717) is 6.42 Å². The van der Waals surface area contributed by atoms with Crippen LogP contribution in [0, 0.1) is 11.2 Å². The number of hydrogen-bond acceptors (Lipinski definition) is 1. The highest BCUT2D eigenvalue weighted by Gasteiger charge is 2.26. The van der Waals surface area contributed by atoms with Gasteiger partial charge >= 0.3 is 0 Å². The van der Waals surface area contributed by atoms with Gasteiger partial charge < -0.3 is 5.11 Å². The summed E-state index contributed by atoms with van der Waals surface area (Å²) in [5.41, 5.74) is 0.800. The molecule has 0 fully saturated rings. The van der Waals surface area contributed by atoms with Crippen molar-refractivity contribution in [2.45, 2.75) is 33.1 Å². The molecule has 90 valence electrons. The molecule has 0 heterocycles. The third kappa shape index (κ3) is 3.05. The van der Waals surface area contributed by atoms with Crippen molar-refractivity contribution in [3.05, 3.63) is 34.1 Å². The SMILES string of the molecule is CCC(CC)(CO)Cc1cc(F)ccc1Br. The van der Waals surface area contributed by atoms with E-state index in [1.54, 1.807) is 12.1 Å². The zero-order chi connectivity index (χ0) is 12.2. The molecule has 0 unspecified atom stereocenters. The van der Waals surface area contributed by atoms with Crippen molar-refractivity contribution in [2.24, 2.45) is 5.41 Å². The van der Waals surface area contributed by atoms with Gasteiger partial charge in [-0.3, -0.25) is 0 Å². The van der Waals surface area contributed by atoms with Crippen LogP contribution < -0.4 is 0 Å². The molecular formula is C13H18BrFO. The average molecular weight is 289 g/mol. The highest BCUT2D eigenvalue weighted by Crippen LogP contribution is 2.33. The molecule has 0 radical (unpaired) electrons. The summed E-state index contributed by atoms with van der Waals surface area (Å²) in [4.78, 5) is 0. The molecule has 1 nitrogen and oxygen atoms in total. The van der Waals surface area contributed by atoms with Gasteiger partial charge in [0.05, 0.1) is 0 Å². The van der Waals surface area contributed by atoms with E-state index in [4.69, 9.17) is 0 Å². The number of benzene rings is 1. The highest BCUT2D eigenvalue weighted by molar-refractivity contribution is 9.10. The van der Waals surface area contributed by atoms with Gasteiger partial charge in [0.15, 0.2) is 0 Å². The van der Waals surface area contributed by atoms with E-state index in [9.17, 15) is 9.50 Å². The van der Waals surface area contributed by atoms with Crippen LogP contribution >= 0.6 is 15.9 Å². The second-order valence-corrected chi connectivity index (χ2v) is 5.13. The number of aliphatic hydroxyl groups is 1. The molecule has 0 amide bonds. The summed E-state index contributed by atoms with van der Waals surface area (Å²) in [5.74, 6) is -0.225. The lowest BCUT2D eigenvalue weighted by Gasteiger charge is -2.29. The minimum atomic E-state index is -0.225. The van der Waals surface area contributed by atoms with Crippen molar-refractivity contribution in [3.63, 3.8) is 0 Å². The summed E-state index contributed by atoms with van der Waals surface area (Å²) in [7, 11) is 0. The molecule has 0 bridgehead atoms. The Morgan fingerprint density at radius 3 is 2.44 bits per heavy atom. The summed E-state index contributed by atoms with van der Waals surface area (Å²) < 4.78 is 14.1. The molecule has 0 spiro atoms. The normalized spacial score (nSPS) is 11.8. The number of hydrogen-bond donors (Lipinski definition) is 1. The second-order valence-electron chi connectivity index (χ2n) is 4.28. The van der Waals surface area contributed by atoms with Gasteiger partial charge in [0, 0.05) is 11.1 Å². The van der Waals surface area contributed by atoms with Crippen LogP contribution in [0.15, 0.2) is 22.7 Å². The maximum atomic E-state index is 13.2. The first kappa shape index (κ1) is 13.7. The molecule has 1 rings (SSSR count). The van der Waals surface area contributed by atoms with Crippen LogP contribution in [0.2, 0.25) is 0 Å². The van der Waals surface area contributed by atoms with Crippen LogP contribution in [0.1, 0.15) is 32.3 Å². The highest BCUT2D eigenvalue weighted by atomic mass is 79.9. The third-order valence-electron chi connectivity index (χ3n) is 3.41. The molecule has 0 aliphatic rings. The Labute approximate surface area is 105 Å². The van der Waals surface area contributed by atoms with Gasteiger partial charge in [0.2, 0.25) is 0 Å². The van der Waals surface area contributed by atoms with E-state index in [1.165, 1.54) is 6.07 Å². The van der Waals surface area contributed by atoms with Crippen LogP contribution in [0.25, 0.3) is 0 Å². The molecule has 0 aliphatic heterocycles. The quantitative estimate of drug-likeness (QED) is 0.870. The summed E-state index contributed by atoms with van der Waals surface area (Å²) in [5, 5.41) is 9.49. The first-order chi connectivity index (χ1) is 7.56. The number of aliphatic hydroxyl groups excluding tert-OH is 1. The fourth-order valence-electron chi connectivity index (χ4n) is 1.86. The molecule has 1 aromatic carbocycles. The fourth-order valence-corrected chi connectivity index (χ4v) is 2.25. The summed E-state index contributed by atoms with van der Waals surface area (Å²) in [6, 6.07) is 4.70. The second kappa shape index (κ2) is 5.78. The van der Waals surface area contributed by atoms with E-state index < -0.39 is 0 Å². The van der Waals surface area contributed by atoms with Crippen LogP contribution in [0.5, 0.6) is 0 Å². The summed E-state index contributed by atoms with van der Waals surface area (Å²) in [6.07, 6.45) is 2.49. The first-order valence-electron chi connectivity index (χ1n) is 5.61. The molecule has 0 aromatic heterocycles. The zero-order valence-corrected chi connectivity index (χ0v) is 11.3. The lowest BCUT2D eigenvalue weighted by atomic mass is 9.78. The standard InChI is InChI=1S/C13H18BrFO/c1-3-13(4-2,9-16)8-10-7-11(15)5-6-12(10)14/h5-7,16H,3-4,8-9H2,1-2H3. The molecule has 0 saturated heterocycles. The molecule has 1 aromatic rings. The van der Waals surface area contributed by atoms with Crippen molar-refractivity contribution in [2.75, 3.05) is 6.61 Å². The zero-order valence-electron chi connectivity index (χ0n) is 9.76. The predicted molar refractivity (Wildman–Crippen MR) is 67.9 cm³/mol. The van der Waals surface area contributed by atoms with Crippen molar-refractivity contribution >= 4 is 15.9 Å². The van der Waals surface area contributed by atoms with Crippen LogP contribution in [0.3, 0.4) is 0 Å². The first-order valence-corrected chi connectivity index (χ1v) is 6.41. The molecule has 16 heavy (non-hydrogen) atoms. The fraction of sp³-hybridized carbons (Fsp3) is 0.538. The van der Waals surface area contributed by atoms with Gasteiger partial charge in [-0.25, -0.2) is 4.39 Å². The van der Waals surface area contributed by atoms with E-state index in [0.717, 1.165) is 22.9 Å². The topological polar surface area (TPSA) is 20.2 Å². The van der Waals surface area contributed by atoms with Crippen molar-refractivity contribution in [1.82, 2.24) is 0 Å². The summed E-state index contributed by atoms with van der Waals surface area (Å²) in [6.45, 7) is 4.27. The molecular weight excluding hydrogens is 271 g/mol. The Hall–Kier alpha value is -0.410. The minimum absolute atomic E-state index is 0.129. The monoisotopic (exact) mass is 288 g/mol. The molecule has 0 saturated carbocycles. The Balaban J connectivity index is 2.97. The van der Waals surface area contributed by atoms with E-state index in [-0.39, 0.29) is 17.8 Å². The third-order valence-corrected chi connectivity index (χ3v) is 4.18. The Kier molecular flexibility index (Phi) is 4.93. The molecule has 0 atom stereocenters. The van der Waals surface area contributed by atoms with E-state index in [2.05, 4.69) is 29.8 Å². The van der Waals surface area contributed by atoms with Crippen molar-refractivity contribution in [3.8, 4) is 0 Å². The lowest BCUT2D eigenvalue weighted by Crippen LogP contribution is -2.26. The van der Waals surface area contributed by atoms with Gasteiger partial charge in [-0.1, -0.05) is 29.8 Å². The van der Waals surface area contributed by atoms with E-state index in [1.807, 2.05) is 0 Å². The molecule has 3 heteroatoms. The van der Waals surface area contributed by atoms with Gasteiger partial charge in [0.25, 0.3) is 0 Å². The maximum absolute atomic E-state index is 13.2. The lowest BCUT2D eigenvalue weighted by molar-refractivity contribution is 0.115. The van der Waals surface area contributed by atoms with Gasteiger partial charge in [0.1, 0.15) is 5.82 Å². The average Bonchev–Trinajstić information content (AvgIpc) is 2.31. The Morgan fingerprint density at radius 2 is 1.94 bits per heavy atom. The van der Waals surface area contributed by atoms with Crippen LogP contribution in [-0.4, -0.2) is 11.7 Å². The van der Waals surface area contributed by atoms with Crippen LogP contribution in [-0.2, 0) is 6.42 Å². The predicted octanol–water partition coefficient (Wildman–Crippen LogP) is 3.93. The Bertz CT molecular complexity index is 340. The van der Waals surface area contributed by atoms with Gasteiger partial charge in [-0.2, -0.15) is 0 Å². The van der Waals surface area contributed by atoms with Gasteiger partial charge in [-0.05, 0) is 48.4 Å². The smallest absolute Gasteiger partial charge is 0.123 e. The largest absolute Gasteiger partial charge is 0.396 e. The van der Waals surface area contributed by atoms with Gasteiger partial charge in [-0.15, -0.1) is 0 Å². The summed E-state index contributed by atoms with van der Waals surface area (Å²) >= 11 is 3.42. The number of halogens is 2.